The zero-order chi connectivity index (χ0) is 48.1. The molecule has 10 aromatic carbocycles. The number of nitrogens with zero attached hydrogens (tertiary/aromatic N) is 5. The molecule has 1 aromatic heterocycles. The van der Waals surface area contributed by atoms with E-state index < -0.39 is 0 Å². The molecule has 1 heterocycles. The zero-order valence-corrected chi connectivity index (χ0v) is 40.0. The molecule has 0 saturated carbocycles. The highest BCUT2D eigenvalue weighted by Crippen LogP contribution is 2.58. The summed E-state index contributed by atoms with van der Waals surface area (Å²) in [6.07, 6.45) is 1.83. The molecule has 0 fully saturated rings. The third-order valence-corrected chi connectivity index (χ3v) is 16.0. The van der Waals surface area contributed by atoms with E-state index in [0.717, 1.165) is 91.6 Å². The lowest BCUT2D eigenvalue weighted by atomic mass is 9.64. The Morgan fingerprint density at radius 1 is 0.384 bits per heavy atom. The second kappa shape index (κ2) is 16.5. The quantitative estimate of drug-likeness (QED) is 0.0979. The SMILES string of the molecule is Nc1cc2c(N(c3ccccc3)c3ccccc3)c3nc4c(nc3c(N(c3ccccc3)c3ccccc3)c2cc1N=C1CCC2c3ccccc3C1c1ccccc12)C1c2ccccc2C4c2ccccc21. The first-order valence-corrected chi connectivity index (χ1v) is 25.5. The molecule has 0 amide bonds. The molecule has 17 rings (SSSR count). The number of para-hydroxylation sites is 4. The van der Waals surface area contributed by atoms with Crippen LogP contribution in [-0.4, -0.2) is 15.7 Å². The van der Waals surface area contributed by atoms with Crippen molar-refractivity contribution in [2.75, 3.05) is 15.5 Å². The van der Waals surface area contributed by atoms with Crippen molar-refractivity contribution in [1.82, 2.24) is 9.97 Å². The molecule has 346 valence electrons. The van der Waals surface area contributed by atoms with Gasteiger partial charge in [0.2, 0.25) is 0 Å². The van der Waals surface area contributed by atoms with E-state index in [4.69, 9.17) is 20.7 Å². The van der Waals surface area contributed by atoms with Crippen LogP contribution in [-0.2, 0) is 0 Å². The molecule has 0 spiro atoms. The third-order valence-electron chi connectivity index (χ3n) is 16.0. The number of benzene rings is 10. The van der Waals surface area contributed by atoms with Crippen LogP contribution in [0.3, 0.4) is 0 Å². The number of aliphatic imine (C=N–C) groups is 1. The monoisotopic (exact) mass is 936 g/mol. The van der Waals surface area contributed by atoms with Gasteiger partial charge in [-0.05, 0) is 118 Å². The first-order valence-electron chi connectivity index (χ1n) is 25.5. The predicted octanol–water partition coefficient (Wildman–Crippen LogP) is 16.4. The van der Waals surface area contributed by atoms with Gasteiger partial charge >= 0.3 is 0 Å². The Balaban J connectivity index is 1.10. The summed E-state index contributed by atoms with van der Waals surface area (Å²) in [5.41, 5.74) is 30.1. The summed E-state index contributed by atoms with van der Waals surface area (Å²) in [6, 6.07) is 82.9. The minimum Gasteiger partial charge on any atom is -0.397 e. The molecule has 0 unspecified atom stereocenters. The molecule has 0 radical (unpaired) electrons. The lowest BCUT2D eigenvalue weighted by Gasteiger charge is -2.41. The van der Waals surface area contributed by atoms with Gasteiger partial charge in [-0.2, -0.15) is 0 Å². The number of rotatable bonds is 7. The Morgan fingerprint density at radius 3 is 1.10 bits per heavy atom. The van der Waals surface area contributed by atoms with Crippen LogP contribution in [0.15, 0.2) is 236 Å². The number of anilines is 7. The minimum absolute atomic E-state index is 0.0169. The van der Waals surface area contributed by atoms with Gasteiger partial charge in [0.05, 0.1) is 46.0 Å². The molecular weight excluding hydrogens is 889 g/mol. The zero-order valence-electron chi connectivity index (χ0n) is 40.0. The molecule has 11 aromatic rings. The number of fused-ring (bicyclic) bond motifs is 4. The molecule has 6 aliphatic carbocycles. The summed E-state index contributed by atoms with van der Waals surface area (Å²) in [5.74, 6) is 0.146. The van der Waals surface area contributed by atoms with E-state index >= 15 is 0 Å². The normalized spacial score (nSPS) is 18.1. The average molecular weight is 937 g/mol. The molecule has 6 nitrogen and oxygen atoms in total. The molecule has 73 heavy (non-hydrogen) atoms. The molecule has 6 heteroatoms. The Kier molecular flexibility index (Phi) is 9.39. The van der Waals surface area contributed by atoms with Gasteiger partial charge in [0.15, 0.2) is 0 Å². The van der Waals surface area contributed by atoms with Crippen LogP contribution in [0.2, 0.25) is 0 Å². The lowest BCUT2D eigenvalue weighted by molar-refractivity contribution is 0.709. The van der Waals surface area contributed by atoms with Gasteiger partial charge in [-0.25, -0.2) is 9.97 Å². The van der Waals surface area contributed by atoms with Crippen LogP contribution in [0.1, 0.15) is 92.4 Å². The van der Waals surface area contributed by atoms with Crippen molar-refractivity contribution in [2.45, 2.75) is 36.5 Å². The topological polar surface area (TPSA) is 70.6 Å². The van der Waals surface area contributed by atoms with Crippen LogP contribution in [0.4, 0.5) is 45.5 Å². The van der Waals surface area contributed by atoms with Crippen molar-refractivity contribution >= 4 is 73.0 Å². The van der Waals surface area contributed by atoms with Gasteiger partial charge in [-0.15, -0.1) is 0 Å². The molecule has 0 atom stereocenters. The highest BCUT2D eigenvalue weighted by atomic mass is 15.2. The molecule has 0 saturated heterocycles. The minimum atomic E-state index is -0.0952. The van der Waals surface area contributed by atoms with Gasteiger partial charge in [0.1, 0.15) is 11.0 Å². The summed E-state index contributed by atoms with van der Waals surface area (Å²) in [6.45, 7) is 0. The first kappa shape index (κ1) is 41.6. The average Bonchev–Trinajstić information content (AvgIpc) is 3.72. The van der Waals surface area contributed by atoms with Crippen LogP contribution < -0.4 is 15.5 Å². The molecule has 4 bridgehead atoms. The fourth-order valence-electron chi connectivity index (χ4n) is 13.0. The van der Waals surface area contributed by atoms with E-state index in [9.17, 15) is 0 Å². The van der Waals surface area contributed by atoms with E-state index in [1.807, 2.05) is 0 Å². The number of nitrogens with two attached hydrogens (primary N) is 1. The molecule has 0 aliphatic heterocycles. The largest absolute Gasteiger partial charge is 0.397 e. The van der Waals surface area contributed by atoms with Crippen LogP contribution in [0.25, 0.3) is 21.8 Å². The summed E-state index contributed by atoms with van der Waals surface area (Å²) in [5, 5.41) is 1.91. The number of aromatic nitrogens is 2. The standard InChI is InChI=1S/C67H48N6/c68-56-39-54-55(40-58(56)69-57-38-37-47-45-29-13-15-31-48(45)59(57)49-32-16-14-30-46(47)49)67(73(43-25-9-3-10-26-43)44-27-11-4-12-28-44)65-64(66(54)72(41-21-5-1-6-22-41)42-23-7-2-8-24-42)70-62-60-50-33-17-19-35-52(50)61(63(62)71-65)53-36-20-18-34-51(53)60/h1-36,39-40,47,59-61H,37-38,68H2. The summed E-state index contributed by atoms with van der Waals surface area (Å²) in [4.78, 5) is 22.7. The third kappa shape index (κ3) is 6.33. The highest BCUT2D eigenvalue weighted by Gasteiger charge is 2.45. The summed E-state index contributed by atoms with van der Waals surface area (Å²) >= 11 is 0. The maximum absolute atomic E-state index is 7.56. The van der Waals surface area contributed by atoms with E-state index in [0.29, 0.717) is 11.6 Å². The van der Waals surface area contributed by atoms with E-state index in [1.54, 1.807) is 0 Å². The summed E-state index contributed by atoms with van der Waals surface area (Å²) in [7, 11) is 0. The van der Waals surface area contributed by atoms with Crippen LogP contribution in [0, 0.1) is 0 Å². The molecular formula is C67H48N6. The van der Waals surface area contributed by atoms with Gasteiger partial charge in [0, 0.05) is 51.1 Å². The lowest BCUT2D eigenvalue weighted by Crippen LogP contribution is -2.30. The smallest absolute Gasteiger partial charge is 0.116 e. The van der Waals surface area contributed by atoms with Crippen molar-refractivity contribution in [3.05, 3.63) is 286 Å². The number of hydrogen-bond donors (Lipinski definition) is 1. The van der Waals surface area contributed by atoms with Crippen molar-refractivity contribution in [3.8, 4) is 0 Å². The van der Waals surface area contributed by atoms with Gasteiger partial charge in [0.25, 0.3) is 0 Å². The molecule has 2 N–H and O–H groups in total. The van der Waals surface area contributed by atoms with Gasteiger partial charge in [-0.1, -0.05) is 170 Å². The Hall–Kier alpha value is -9.13. The maximum Gasteiger partial charge on any atom is 0.116 e. The van der Waals surface area contributed by atoms with Crippen LogP contribution in [0.5, 0.6) is 0 Å². The number of hydrogen-bond acceptors (Lipinski definition) is 6. The second-order valence-electron chi connectivity index (χ2n) is 19.9. The van der Waals surface area contributed by atoms with Crippen molar-refractivity contribution in [2.24, 2.45) is 4.99 Å². The van der Waals surface area contributed by atoms with Crippen LogP contribution >= 0.6 is 0 Å². The van der Waals surface area contributed by atoms with E-state index in [2.05, 4.69) is 240 Å². The van der Waals surface area contributed by atoms with Crippen molar-refractivity contribution < 1.29 is 0 Å². The highest BCUT2D eigenvalue weighted by molar-refractivity contribution is 6.23. The van der Waals surface area contributed by atoms with Gasteiger partial charge in [-0.3, -0.25) is 4.99 Å². The van der Waals surface area contributed by atoms with Crippen molar-refractivity contribution in [1.29, 1.82) is 0 Å². The van der Waals surface area contributed by atoms with E-state index in [1.165, 1.54) is 44.5 Å². The van der Waals surface area contributed by atoms with Gasteiger partial charge < -0.3 is 15.5 Å². The predicted molar refractivity (Wildman–Crippen MR) is 298 cm³/mol. The Labute approximate surface area is 424 Å². The second-order valence-corrected chi connectivity index (χ2v) is 19.9. The molecule has 6 aliphatic rings. The summed E-state index contributed by atoms with van der Waals surface area (Å²) < 4.78 is 0. The fourth-order valence-corrected chi connectivity index (χ4v) is 13.0. The Bertz CT molecular complexity index is 3850. The fraction of sp³-hybridized carbons (Fsp3) is 0.0896. The Morgan fingerprint density at radius 2 is 0.712 bits per heavy atom. The first-order chi connectivity index (χ1) is 36.2. The van der Waals surface area contributed by atoms with E-state index in [-0.39, 0.29) is 17.8 Å². The number of nitrogen functional groups attached to an aromatic ring is 1. The maximum atomic E-state index is 7.56. The van der Waals surface area contributed by atoms with Crippen molar-refractivity contribution in [3.63, 3.8) is 0 Å².